The predicted octanol–water partition coefficient (Wildman–Crippen LogP) is 0.0964. The Hall–Kier alpha value is -4.24. The van der Waals surface area contributed by atoms with Crippen LogP contribution in [0.25, 0.3) is 0 Å². The standard InChI is InChI=1S/C23H21N7O6S2/c24-23-27-14(9-38-23)15(29-36)19(32)28-16-20(33)30-17(22(34)35)13(8-37-21(16)30)12(11-3-5-26-18(11)31)6-10-2-1-4-25-7-10/h1-2,4,7,9,16,21,36H,3,5-6,8H2,(H2,24,27)(H,26,31)(H,28,32)(H,34,35)/t16-,21-/m1/s1. The van der Waals surface area contributed by atoms with E-state index in [1.54, 1.807) is 18.5 Å². The van der Waals surface area contributed by atoms with Crippen LogP contribution in [0.5, 0.6) is 0 Å². The van der Waals surface area contributed by atoms with Crippen LogP contribution in [0.4, 0.5) is 5.13 Å². The molecule has 3 aliphatic heterocycles. The molecule has 0 aromatic carbocycles. The third kappa shape index (κ3) is 4.50. The van der Waals surface area contributed by atoms with Gasteiger partial charge in [0.15, 0.2) is 10.8 Å². The van der Waals surface area contributed by atoms with Crippen molar-refractivity contribution in [2.75, 3.05) is 18.0 Å². The van der Waals surface area contributed by atoms with Crippen molar-refractivity contribution in [1.82, 2.24) is 25.5 Å². The molecule has 2 saturated heterocycles. The van der Waals surface area contributed by atoms with Gasteiger partial charge >= 0.3 is 5.97 Å². The average Bonchev–Trinajstić information content (AvgIpc) is 3.53. The fourth-order valence-electron chi connectivity index (χ4n) is 4.58. The molecule has 2 atom stereocenters. The second-order valence-corrected chi connectivity index (χ2v) is 10.5. The molecular weight excluding hydrogens is 534 g/mol. The van der Waals surface area contributed by atoms with E-state index in [1.165, 1.54) is 17.1 Å². The van der Waals surface area contributed by atoms with Gasteiger partial charge in [0.05, 0.1) is 0 Å². The molecule has 2 aromatic rings. The van der Waals surface area contributed by atoms with Gasteiger partial charge in [-0.2, -0.15) is 0 Å². The van der Waals surface area contributed by atoms with E-state index in [9.17, 15) is 29.5 Å². The third-order valence-corrected chi connectivity index (χ3v) is 8.26. The van der Waals surface area contributed by atoms with Crippen molar-refractivity contribution in [1.29, 1.82) is 0 Å². The number of carbonyl (C=O) groups excluding carboxylic acids is 3. The van der Waals surface area contributed by atoms with Gasteiger partial charge in [-0.05, 0) is 35.6 Å². The molecule has 3 amide bonds. The Kier molecular flexibility index (Phi) is 6.86. The number of pyridine rings is 1. The number of thiazole rings is 1. The number of anilines is 1. The number of aromatic nitrogens is 2. The maximum atomic E-state index is 13.2. The summed E-state index contributed by atoms with van der Waals surface area (Å²) in [5.74, 6) is -2.89. The first-order chi connectivity index (χ1) is 18.3. The minimum atomic E-state index is -1.32. The first-order valence-corrected chi connectivity index (χ1v) is 13.3. The number of carboxylic acid groups (broad SMARTS) is 1. The van der Waals surface area contributed by atoms with Crippen LogP contribution >= 0.6 is 23.1 Å². The van der Waals surface area contributed by atoms with Crippen molar-refractivity contribution in [3.63, 3.8) is 0 Å². The summed E-state index contributed by atoms with van der Waals surface area (Å²) in [5.41, 5.74) is 7.18. The lowest BCUT2D eigenvalue weighted by atomic mass is 9.90. The molecule has 196 valence electrons. The highest BCUT2D eigenvalue weighted by Gasteiger charge is 2.55. The number of carboxylic acids is 1. The molecule has 0 bridgehead atoms. The summed E-state index contributed by atoms with van der Waals surface area (Å²) in [5, 5.41) is 28.7. The summed E-state index contributed by atoms with van der Waals surface area (Å²) in [7, 11) is 0. The maximum Gasteiger partial charge on any atom is 0.352 e. The zero-order chi connectivity index (χ0) is 27.0. The van der Waals surface area contributed by atoms with Gasteiger partial charge in [-0.25, -0.2) is 9.78 Å². The van der Waals surface area contributed by atoms with E-state index >= 15 is 0 Å². The number of allylic oxidation sites excluding steroid dienone is 1. The normalized spacial score (nSPS) is 22.5. The van der Waals surface area contributed by atoms with E-state index in [0.29, 0.717) is 29.7 Å². The van der Waals surface area contributed by atoms with E-state index in [0.717, 1.165) is 21.8 Å². The van der Waals surface area contributed by atoms with Gasteiger partial charge in [0, 0.05) is 35.6 Å². The molecule has 3 aliphatic rings. The number of oxime groups is 1. The maximum absolute atomic E-state index is 13.2. The van der Waals surface area contributed by atoms with Gasteiger partial charge in [0.2, 0.25) is 5.91 Å². The zero-order valence-electron chi connectivity index (χ0n) is 19.6. The van der Waals surface area contributed by atoms with Crippen LogP contribution in [0.3, 0.4) is 0 Å². The molecule has 15 heteroatoms. The first kappa shape index (κ1) is 25.4. The molecule has 13 nitrogen and oxygen atoms in total. The number of amides is 3. The highest BCUT2D eigenvalue weighted by atomic mass is 32.2. The van der Waals surface area contributed by atoms with Crippen molar-refractivity contribution < 1.29 is 29.5 Å². The van der Waals surface area contributed by atoms with E-state index in [2.05, 4.69) is 25.8 Å². The summed E-state index contributed by atoms with van der Waals surface area (Å²) in [4.78, 5) is 60.2. The van der Waals surface area contributed by atoms with Crippen LogP contribution in [0, 0.1) is 0 Å². The zero-order valence-corrected chi connectivity index (χ0v) is 21.2. The fourth-order valence-corrected chi connectivity index (χ4v) is 6.51. The summed E-state index contributed by atoms with van der Waals surface area (Å²) in [6.07, 6.45) is 3.95. The van der Waals surface area contributed by atoms with Crippen LogP contribution in [0.15, 0.2) is 57.5 Å². The SMILES string of the molecule is Nc1nc(C(=NO)C(=O)N[C@@H]2C(=O)N3C(C(=O)O)=C(C(Cc4cccnc4)=C4CCNC4=O)CS[C@H]23)cs1. The number of hydrogen-bond acceptors (Lipinski definition) is 11. The number of thioether (sulfide) groups is 1. The molecule has 2 aromatic heterocycles. The number of nitrogen functional groups attached to an aromatic ring is 1. The Balaban J connectivity index is 1.45. The molecule has 6 N–H and O–H groups in total. The molecule has 5 heterocycles. The smallest absolute Gasteiger partial charge is 0.352 e. The Bertz CT molecular complexity index is 1430. The summed E-state index contributed by atoms with van der Waals surface area (Å²) >= 11 is 2.31. The quantitative estimate of drug-likeness (QED) is 0.103. The highest BCUT2D eigenvalue weighted by Crippen LogP contribution is 2.43. The van der Waals surface area contributed by atoms with Crippen molar-refractivity contribution >= 4 is 57.6 Å². The van der Waals surface area contributed by atoms with Crippen LogP contribution in [0.1, 0.15) is 17.7 Å². The molecule has 0 unspecified atom stereocenters. The molecular formula is C23H21N7O6S2. The Morgan fingerprint density at radius 3 is 2.76 bits per heavy atom. The molecule has 2 fully saturated rings. The minimum Gasteiger partial charge on any atom is -0.477 e. The Morgan fingerprint density at radius 2 is 2.16 bits per heavy atom. The van der Waals surface area contributed by atoms with Crippen molar-refractivity contribution in [2.24, 2.45) is 5.16 Å². The van der Waals surface area contributed by atoms with Gasteiger partial charge in [0.1, 0.15) is 22.8 Å². The van der Waals surface area contributed by atoms with Gasteiger partial charge in [-0.3, -0.25) is 24.3 Å². The number of nitrogens with zero attached hydrogens (tertiary/aromatic N) is 4. The lowest BCUT2D eigenvalue weighted by Crippen LogP contribution is -2.71. The Labute approximate surface area is 223 Å². The van der Waals surface area contributed by atoms with Crippen molar-refractivity contribution in [3.05, 3.63) is 63.6 Å². The predicted molar refractivity (Wildman–Crippen MR) is 137 cm³/mol. The van der Waals surface area contributed by atoms with E-state index in [1.807, 2.05) is 6.07 Å². The fraction of sp³-hybridized carbons (Fsp3) is 0.261. The van der Waals surface area contributed by atoms with Crippen molar-refractivity contribution in [3.8, 4) is 0 Å². The summed E-state index contributed by atoms with van der Waals surface area (Å²) in [6.45, 7) is 0.437. The minimum absolute atomic E-state index is 0.0438. The second-order valence-electron chi connectivity index (χ2n) is 8.51. The number of nitrogens with one attached hydrogen (secondary N) is 2. The van der Waals surface area contributed by atoms with Gasteiger partial charge in [0.25, 0.3) is 11.8 Å². The van der Waals surface area contributed by atoms with Crippen LogP contribution in [-0.2, 0) is 25.6 Å². The van der Waals surface area contributed by atoms with Crippen LogP contribution in [-0.4, -0.2) is 78.3 Å². The van der Waals surface area contributed by atoms with E-state index in [-0.39, 0.29) is 34.6 Å². The lowest BCUT2D eigenvalue weighted by molar-refractivity contribution is -0.150. The van der Waals surface area contributed by atoms with Gasteiger partial charge < -0.3 is 26.7 Å². The number of β-lactam (4-membered cyclic amide) rings is 1. The van der Waals surface area contributed by atoms with E-state index in [4.69, 9.17) is 5.73 Å². The van der Waals surface area contributed by atoms with Crippen LogP contribution in [0.2, 0.25) is 0 Å². The largest absolute Gasteiger partial charge is 0.477 e. The highest BCUT2D eigenvalue weighted by molar-refractivity contribution is 8.00. The molecule has 0 saturated carbocycles. The number of fused-ring (bicyclic) bond motifs is 1. The number of hydrogen-bond donors (Lipinski definition) is 5. The first-order valence-electron chi connectivity index (χ1n) is 11.3. The number of aliphatic carboxylic acids is 1. The second kappa shape index (κ2) is 10.3. The lowest BCUT2D eigenvalue weighted by Gasteiger charge is -2.49. The number of nitrogens with two attached hydrogens (primary N) is 1. The van der Waals surface area contributed by atoms with Crippen molar-refractivity contribution in [2.45, 2.75) is 24.3 Å². The molecule has 0 radical (unpaired) electrons. The van der Waals surface area contributed by atoms with E-state index < -0.39 is 34.9 Å². The average molecular weight is 556 g/mol. The van der Waals surface area contributed by atoms with Crippen LogP contribution < -0.4 is 16.4 Å². The third-order valence-electron chi connectivity index (χ3n) is 6.30. The summed E-state index contributed by atoms with van der Waals surface area (Å²) in [6, 6.07) is 2.53. The Morgan fingerprint density at radius 1 is 1.34 bits per heavy atom. The monoisotopic (exact) mass is 555 g/mol. The van der Waals surface area contributed by atoms with Gasteiger partial charge in [-0.1, -0.05) is 11.2 Å². The molecule has 38 heavy (non-hydrogen) atoms. The molecule has 0 aliphatic carbocycles. The summed E-state index contributed by atoms with van der Waals surface area (Å²) < 4.78 is 0. The number of rotatable bonds is 7. The van der Waals surface area contributed by atoms with Gasteiger partial charge in [-0.15, -0.1) is 23.1 Å². The molecule has 5 rings (SSSR count). The topological polar surface area (TPSA) is 200 Å². The molecule has 0 spiro atoms. The number of carbonyl (C=O) groups is 4.